The van der Waals surface area contributed by atoms with Crippen LogP contribution in [0.25, 0.3) is 0 Å². The summed E-state index contributed by atoms with van der Waals surface area (Å²) in [6, 6.07) is 11.2. The van der Waals surface area contributed by atoms with E-state index in [0.29, 0.717) is 17.9 Å². The Balaban J connectivity index is 2.06. The van der Waals surface area contributed by atoms with Crippen LogP contribution in [-0.4, -0.2) is 20.0 Å². The Morgan fingerprint density at radius 1 is 1.18 bits per heavy atom. The number of halogens is 1. The van der Waals surface area contributed by atoms with Crippen molar-refractivity contribution in [3.63, 3.8) is 0 Å². The molecule has 22 heavy (non-hydrogen) atoms. The van der Waals surface area contributed by atoms with E-state index in [1.54, 1.807) is 14.2 Å². The lowest BCUT2D eigenvalue weighted by Gasteiger charge is -2.28. The highest BCUT2D eigenvalue weighted by Gasteiger charge is 2.28. The Hall–Kier alpha value is -2.01. The van der Waals surface area contributed by atoms with Crippen LogP contribution in [0.5, 0.6) is 11.5 Å². The lowest BCUT2D eigenvalue weighted by Crippen LogP contribution is -2.23. The molecule has 4 nitrogen and oxygen atoms in total. The molecule has 1 heterocycles. The van der Waals surface area contributed by atoms with Gasteiger partial charge < -0.3 is 14.8 Å². The fourth-order valence-electron chi connectivity index (χ4n) is 2.79. The summed E-state index contributed by atoms with van der Waals surface area (Å²) < 4.78 is 11.8. The van der Waals surface area contributed by atoms with Crippen molar-refractivity contribution in [2.75, 3.05) is 19.5 Å². The first-order chi connectivity index (χ1) is 10.6. The topological polar surface area (TPSA) is 47.6 Å². The quantitative estimate of drug-likeness (QED) is 0.889. The van der Waals surface area contributed by atoms with Crippen molar-refractivity contribution in [2.45, 2.75) is 12.5 Å². The number of hydrogen-bond acceptors (Lipinski definition) is 4. The van der Waals surface area contributed by atoms with Crippen molar-refractivity contribution in [3.8, 4) is 11.5 Å². The van der Waals surface area contributed by atoms with Crippen LogP contribution in [0.1, 0.15) is 28.4 Å². The molecule has 0 aromatic heterocycles. The van der Waals surface area contributed by atoms with Gasteiger partial charge in [-0.2, -0.15) is 0 Å². The maximum absolute atomic E-state index is 12.4. The molecule has 1 N–H and O–H groups in total. The van der Waals surface area contributed by atoms with Gasteiger partial charge in [-0.15, -0.1) is 0 Å². The van der Waals surface area contributed by atoms with Crippen molar-refractivity contribution < 1.29 is 14.3 Å². The largest absolute Gasteiger partial charge is 0.493 e. The number of rotatable bonds is 3. The van der Waals surface area contributed by atoms with Crippen LogP contribution in [0, 0.1) is 0 Å². The summed E-state index contributed by atoms with van der Waals surface area (Å²) in [4.78, 5) is 12.4. The Morgan fingerprint density at radius 3 is 2.68 bits per heavy atom. The summed E-state index contributed by atoms with van der Waals surface area (Å²) in [5.74, 6) is 1.41. The molecule has 1 aliphatic heterocycles. The molecule has 0 radical (unpaired) electrons. The Kier molecular flexibility index (Phi) is 4.07. The molecule has 5 heteroatoms. The monoisotopic (exact) mass is 361 g/mol. The second kappa shape index (κ2) is 6.01. The smallest absolute Gasteiger partial charge is 0.167 e. The van der Waals surface area contributed by atoms with Gasteiger partial charge in [0.25, 0.3) is 0 Å². The molecule has 2 aromatic carbocycles. The molecule has 2 aromatic rings. The van der Waals surface area contributed by atoms with E-state index in [1.807, 2.05) is 36.4 Å². The normalized spacial score (nSPS) is 16.7. The zero-order valence-electron chi connectivity index (χ0n) is 12.4. The fourth-order valence-corrected chi connectivity index (χ4v) is 3.25. The molecule has 0 amide bonds. The van der Waals surface area contributed by atoms with Crippen LogP contribution in [0.4, 0.5) is 5.69 Å². The number of anilines is 1. The van der Waals surface area contributed by atoms with Crippen molar-refractivity contribution >= 4 is 27.4 Å². The number of Topliss-reactive ketones (excluding diaryl/α,β-unsaturated/α-hetero) is 1. The van der Waals surface area contributed by atoms with E-state index < -0.39 is 0 Å². The number of carbonyl (C=O) groups is 1. The minimum Gasteiger partial charge on any atom is -0.493 e. The molecule has 0 saturated carbocycles. The highest BCUT2D eigenvalue weighted by molar-refractivity contribution is 9.10. The number of hydrogen-bond donors (Lipinski definition) is 1. The molecule has 1 aliphatic rings. The molecule has 0 spiro atoms. The third-order valence-corrected chi connectivity index (χ3v) is 4.25. The van der Waals surface area contributed by atoms with Crippen LogP contribution in [0.15, 0.2) is 40.9 Å². The molecule has 0 bridgehead atoms. The van der Waals surface area contributed by atoms with Gasteiger partial charge in [0.2, 0.25) is 0 Å². The van der Waals surface area contributed by atoms with E-state index in [4.69, 9.17) is 9.47 Å². The van der Waals surface area contributed by atoms with Gasteiger partial charge in [0, 0.05) is 27.7 Å². The van der Waals surface area contributed by atoms with Gasteiger partial charge in [0.1, 0.15) is 0 Å². The third-order valence-electron chi connectivity index (χ3n) is 3.79. The van der Waals surface area contributed by atoms with Crippen LogP contribution >= 0.6 is 15.9 Å². The SMILES string of the molecule is COc1cc(Br)cc(C2CC(=O)c3ccccc3N2)c1OC. The molecular formula is C17H16BrNO3. The highest BCUT2D eigenvalue weighted by atomic mass is 79.9. The average Bonchev–Trinajstić information content (AvgIpc) is 2.54. The van der Waals surface area contributed by atoms with Crippen LogP contribution in [0.3, 0.4) is 0 Å². The lowest BCUT2D eigenvalue weighted by molar-refractivity contribution is 0.0972. The molecule has 1 atom stereocenters. The van der Waals surface area contributed by atoms with Crippen molar-refractivity contribution in [3.05, 3.63) is 52.0 Å². The number of methoxy groups -OCH3 is 2. The summed E-state index contributed by atoms with van der Waals surface area (Å²) in [6.45, 7) is 0. The summed E-state index contributed by atoms with van der Waals surface area (Å²) in [5.41, 5.74) is 2.49. The maximum Gasteiger partial charge on any atom is 0.167 e. The second-order valence-corrected chi connectivity index (χ2v) is 6.02. The summed E-state index contributed by atoms with van der Waals surface area (Å²) in [5, 5.41) is 3.42. The first kappa shape index (κ1) is 14.9. The van der Waals surface area contributed by atoms with Crippen molar-refractivity contribution in [1.29, 1.82) is 0 Å². The van der Waals surface area contributed by atoms with Crippen molar-refractivity contribution in [1.82, 2.24) is 0 Å². The van der Waals surface area contributed by atoms with Crippen LogP contribution in [-0.2, 0) is 0 Å². The number of ketones is 1. The number of para-hydroxylation sites is 1. The Bertz CT molecular complexity index is 730. The predicted molar refractivity (Wildman–Crippen MR) is 89.0 cm³/mol. The number of fused-ring (bicyclic) bond motifs is 1. The van der Waals surface area contributed by atoms with Crippen LogP contribution in [0.2, 0.25) is 0 Å². The minimum absolute atomic E-state index is 0.125. The van der Waals surface area contributed by atoms with Gasteiger partial charge in [0.05, 0.1) is 20.3 Å². The van der Waals surface area contributed by atoms with Crippen LogP contribution < -0.4 is 14.8 Å². The van der Waals surface area contributed by atoms with Gasteiger partial charge in [0.15, 0.2) is 17.3 Å². The van der Waals surface area contributed by atoms with E-state index in [0.717, 1.165) is 21.3 Å². The summed E-state index contributed by atoms with van der Waals surface area (Å²) in [6.07, 6.45) is 0.382. The van der Waals surface area contributed by atoms with Gasteiger partial charge in [-0.05, 0) is 24.3 Å². The molecule has 0 aliphatic carbocycles. The third kappa shape index (κ3) is 2.57. The Morgan fingerprint density at radius 2 is 1.95 bits per heavy atom. The van der Waals surface area contributed by atoms with E-state index >= 15 is 0 Å². The molecule has 0 fully saturated rings. The van der Waals surface area contributed by atoms with Gasteiger partial charge >= 0.3 is 0 Å². The predicted octanol–water partition coefficient (Wildman–Crippen LogP) is 4.21. The molecule has 1 unspecified atom stereocenters. The number of nitrogens with one attached hydrogen (secondary N) is 1. The zero-order chi connectivity index (χ0) is 15.7. The average molecular weight is 362 g/mol. The first-order valence-corrected chi connectivity index (χ1v) is 7.73. The molecular weight excluding hydrogens is 346 g/mol. The minimum atomic E-state index is -0.149. The lowest BCUT2D eigenvalue weighted by atomic mass is 9.92. The number of carbonyl (C=O) groups excluding carboxylic acids is 1. The molecule has 0 saturated heterocycles. The molecule has 3 rings (SSSR count). The van der Waals surface area contributed by atoms with Crippen molar-refractivity contribution in [2.24, 2.45) is 0 Å². The number of benzene rings is 2. The first-order valence-electron chi connectivity index (χ1n) is 6.94. The van der Waals surface area contributed by atoms with Gasteiger partial charge in [-0.1, -0.05) is 28.1 Å². The van der Waals surface area contributed by atoms with E-state index in [-0.39, 0.29) is 11.8 Å². The maximum atomic E-state index is 12.4. The molecule has 114 valence electrons. The Labute approximate surface area is 137 Å². The van der Waals surface area contributed by atoms with E-state index in [1.165, 1.54) is 0 Å². The van der Waals surface area contributed by atoms with E-state index in [9.17, 15) is 4.79 Å². The zero-order valence-corrected chi connectivity index (χ0v) is 13.9. The highest BCUT2D eigenvalue weighted by Crippen LogP contribution is 2.42. The second-order valence-electron chi connectivity index (χ2n) is 5.10. The van der Waals surface area contributed by atoms with E-state index in [2.05, 4.69) is 21.2 Å². The summed E-state index contributed by atoms with van der Waals surface area (Å²) in [7, 11) is 3.21. The fraction of sp³-hybridized carbons (Fsp3) is 0.235. The summed E-state index contributed by atoms with van der Waals surface area (Å²) >= 11 is 3.48. The number of ether oxygens (including phenoxy) is 2. The van der Waals surface area contributed by atoms with Gasteiger partial charge in [-0.3, -0.25) is 4.79 Å². The standard InChI is InChI=1S/C17H16BrNO3/c1-21-16-8-10(18)7-12(17(16)22-2)14-9-15(20)11-5-3-4-6-13(11)19-14/h3-8,14,19H,9H2,1-2H3. The van der Waals surface area contributed by atoms with Gasteiger partial charge in [-0.25, -0.2) is 0 Å².